The first kappa shape index (κ1) is 32.5. The van der Waals surface area contributed by atoms with Gasteiger partial charge in [-0.2, -0.15) is 4.98 Å². The minimum Gasteiger partial charge on any atom is -0.497 e. The van der Waals surface area contributed by atoms with Crippen molar-refractivity contribution in [2.75, 3.05) is 32.8 Å². The van der Waals surface area contributed by atoms with Gasteiger partial charge in [-0.15, -0.1) is 0 Å². The average molecular weight is 668 g/mol. The Morgan fingerprint density at radius 3 is 2.22 bits per heavy atom. The molecule has 254 valence electrons. The number of aromatic amines is 1. The second kappa shape index (κ2) is 12.7. The van der Waals surface area contributed by atoms with E-state index in [1.807, 2.05) is 78.9 Å². The number of imidazole rings is 1. The average Bonchev–Trinajstić information content (AvgIpc) is 3.78. The highest BCUT2D eigenvalue weighted by Crippen LogP contribution is 2.48. The molecular formula is C36H37N5O8. The zero-order valence-corrected chi connectivity index (χ0v) is 27.5. The fraction of sp³-hybridized carbons (Fsp3) is 0.333. The standard InChI is InChI=1S/C36H37N5O8/c1-21(2)31(43)39-34-38-30-27(32(44)40-34)37-20-41(30)33-28-29(42)35(49-33,18-47-28)19-48-36(22-8-6-5-7-9-22,23-10-14-25(45-3)15-11-23)24-12-16-26(46-4)17-13-24/h5-17,20-21,28-29,33,42H,18-19H2,1-4H3,(H2,38,39,40,43,44)/t28?,29?,33-,35-/m1/s1. The maximum absolute atomic E-state index is 12.9. The van der Waals surface area contributed by atoms with Crippen molar-refractivity contribution in [2.24, 2.45) is 5.92 Å². The molecule has 4 atom stereocenters. The number of hydrogen-bond donors (Lipinski definition) is 3. The minimum absolute atomic E-state index is 0.0211. The van der Waals surface area contributed by atoms with E-state index in [0.29, 0.717) is 11.5 Å². The molecule has 0 aliphatic carbocycles. The van der Waals surface area contributed by atoms with Crippen molar-refractivity contribution in [1.29, 1.82) is 0 Å². The Kier molecular flexibility index (Phi) is 8.45. The number of hydrogen-bond acceptors (Lipinski definition) is 10. The zero-order chi connectivity index (χ0) is 34.3. The van der Waals surface area contributed by atoms with E-state index in [2.05, 4.69) is 20.3 Å². The highest BCUT2D eigenvalue weighted by Gasteiger charge is 2.63. The van der Waals surface area contributed by atoms with Gasteiger partial charge in [0.25, 0.3) is 5.56 Å². The summed E-state index contributed by atoms with van der Waals surface area (Å²) in [5.41, 5.74) is -0.271. The fourth-order valence-corrected chi connectivity index (χ4v) is 6.48. The number of aromatic nitrogens is 4. The van der Waals surface area contributed by atoms with Gasteiger partial charge in [-0.1, -0.05) is 68.4 Å². The van der Waals surface area contributed by atoms with Gasteiger partial charge in [0.1, 0.15) is 34.9 Å². The number of carbonyl (C=O) groups excluding carboxylic acids is 1. The number of amides is 1. The van der Waals surface area contributed by atoms with Crippen molar-refractivity contribution in [1.82, 2.24) is 19.5 Å². The summed E-state index contributed by atoms with van der Waals surface area (Å²) in [5.74, 6) is 0.718. The van der Waals surface area contributed by atoms with Gasteiger partial charge in [0.05, 0.1) is 33.8 Å². The largest absolute Gasteiger partial charge is 0.497 e. The van der Waals surface area contributed by atoms with Crippen LogP contribution >= 0.6 is 0 Å². The molecule has 4 heterocycles. The summed E-state index contributed by atoms with van der Waals surface area (Å²) >= 11 is 0. The lowest BCUT2D eigenvalue weighted by Crippen LogP contribution is -2.48. The lowest BCUT2D eigenvalue weighted by molar-refractivity contribution is -0.202. The summed E-state index contributed by atoms with van der Waals surface area (Å²) in [5, 5.41) is 14.3. The molecule has 2 fully saturated rings. The molecular weight excluding hydrogens is 630 g/mol. The third-order valence-corrected chi connectivity index (χ3v) is 9.19. The van der Waals surface area contributed by atoms with Gasteiger partial charge < -0.3 is 28.8 Å². The molecule has 0 spiro atoms. The maximum Gasteiger partial charge on any atom is 0.280 e. The van der Waals surface area contributed by atoms with Crippen LogP contribution < -0.4 is 20.3 Å². The van der Waals surface area contributed by atoms with Crippen molar-refractivity contribution in [3.05, 3.63) is 112 Å². The van der Waals surface area contributed by atoms with Crippen molar-refractivity contribution in [2.45, 2.75) is 43.5 Å². The molecule has 3 N–H and O–H groups in total. The summed E-state index contributed by atoms with van der Waals surface area (Å²) in [7, 11) is 3.23. The molecule has 7 rings (SSSR count). The first-order valence-corrected chi connectivity index (χ1v) is 15.9. The number of benzene rings is 3. The Labute approximate surface area is 281 Å². The lowest BCUT2D eigenvalue weighted by atomic mass is 9.79. The summed E-state index contributed by atoms with van der Waals surface area (Å²) in [6.07, 6.45) is -1.39. The van der Waals surface area contributed by atoms with E-state index in [1.54, 1.807) is 32.6 Å². The number of ether oxygens (including phenoxy) is 5. The third kappa shape index (κ3) is 5.54. The Morgan fingerprint density at radius 1 is 1.02 bits per heavy atom. The number of fused-ring (bicyclic) bond motifs is 3. The van der Waals surface area contributed by atoms with Crippen LogP contribution in [0.4, 0.5) is 5.95 Å². The molecule has 0 radical (unpaired) electrons. The molecule has 13 heteroatoms. The monoisotopic (exact) mass is 667 g/mol. The van der Waals surface area contributed by atoms with Gasteiger partial charge in [0.15, 0.2) is 17.4 Å². The molecule has 2 bridgehead atoms. The predicted octanol–water partition coefficient (Wildman–Crippen LogP) is 3.77. The first-order chi connectivity index (χ1) is 23.7. The van der Waals surface area contributed by atoms with Crippen LogP contribution in [0.1, 0.15) is 36.8 Å². The highest BCUT2D eigenvalue weighted by molar-refractivity contribution is 5.91. The molecule has 2 unspecified atom stereocenters. The first-order valence-electron chi connectivity index (χ1n) is 15.9. The van der Waals surface area contributed by atoms with Crippen LogP contribution in [0.25, 0.3) is 11.2 Å². The molecule has 3 aromatic carbocycles. The molecule has 2 saturated heterocycles. The molecule has 2 aliphatic heterocycles. The quantitative estimate of drug-likeness (QED) is 0.177. The van der Waals surface area contributed by atoms with Crippen LogP contribution in [0.2, 0.25) is 0 Å². The molecule has 13 nitrogen and oxygen atoms in total. The summed E-state index contributed by atoms with van der Waals surface area (Å²) in [6.45, 7) is 3.44. The second-order valence-corrected chi connectivity index (χ2v) is 12.5. The van der Waals surface area contributed by atoms with Crippen LogP contribution in [0.3, 0.4) is 0 Å². The van der Waals surface area contributed by atoms with Gasteiger partial charge in [0, 0.05) is 5.92 Å². The number of anilines is 1. The number of methoxy groups -OCH3 is 2. The maximum atomic E-state index is 12.9. The summed E-state index contributed by atoms with van der Waals surface area (Å²) < 4.78 is 32.3. The molecule has 49 heavy (non-hydrogen) atoms. The molecule has 0 saturated carbocycles. The highest BCUT2D eigenvalue weighted by atomic mass is 16.7. The molecule has 2 aromatic heterocycles. The normalized spacial score (nSPS) is 21.7. The van der Waals surface area contributed by atoms with Crippen LogP contribution in [0.15, 0.2) is 90.0 Å². The van der Waals surface area contributed by atoms with Gasteiger partial charge in [-0.05, 0) is 41.0 Å². The van der Waals surface area contributed by atoms with E-state index >= 15 is 0 Å². The second-order valence-electron chi connectivity index (χ2n) is 12.5. The SMILES string of the molecule is COc1ccc(C(OC[C@]23COC(C2O)[C@H](n2cnc4c(=O)[nH]c(NC(=O)C(C)C)nc42)O3)(c2ccccc2)c2ccc(OC)cc2)cc1. The van der Waals surface area contributed by atoms with E-state index in [9.17, 15) is 14.7 Å². The zero-order valence-electron chi connectivity index (χ0n) is 27.5. The topological polar surface area (TPSA) is 159 Å². The van der Waals surface area contributed by atoms with Gasteiger partial charge in [-0.3, -0.25) is 24.5 Å². The van der Waals surface area contributed by atoms with Crippen LogP contribution in [-0.4, -0.2) is 75.8 Å². The number of aliphatic hydroxyl groups excluding tert-OH is 1. The van der Waals surface area contributed by atoms with Crippen molar-refractivity contribution in [3.8, 4) is 11.5 Å². The van der Waals surface area contributed by atoms with E-state index in [0.717, 1.165) is 16.7 Å². The van der Waals surface area contributed by atoms with Crippen molar-refractivity contribution >= 4 is 23.0 Å². The summed E-state index contributed by atoms with van der Waals surface area (Å²) in [6, 6.07) is 25.1. The minimum atomic E-state index is -1.29. The van der Waals surface area contributed by atoms with E-state index in [1.165, 1.54) is 6.33 Å². The summed E-state index contributed by atoms with van der Waals surface area (Å²) in [4.78, 5) is 36.5. The van der Waals surface area contributed by atoms with Crippen LogP contribution in [0, 0.1) is 5.92 Å². The fourth-order valence-electron chi connectivity index (χ4n) is 6.48. The smallest absolute Gasteiger partial charge is 0.280 e. The van der Waals surface area contributed by atoms with Gasteiger partial charge >= 0.3 is 0 Å². The van der Waals surface area contributed by atoms with Crippen LogP contribution in [-0.2, 0) is 24.6 Å². The third-order valence-electron chi connectivity index (χ3n) is 9.19. The molecule has 1 amide bonds. The Hall–Kier alpha value is -5.08. The molecule has 2 aliphatic rings. The predicted molar refractivity (Wildman–Crippen MR) is 178 cm³/mol. The molecule has 5 aromatic rings. The van der Waals surface area contributed by atoms with Gasteiger partial charge in [-0.25, -0.2) is 4.98 Å². The van der Waals surface area contributed by atoms with E-state index < -0.39 is 35.2 Å². The van der Waals surface area contributed by atoms with Gasteiger partial charge in [0.2, 0.25) is 11.9 Å². The Bertz CT molecular complexity index is 1960. The number of nitrogens with zero attached hydrogens (tertiary/aromatic N) is 3. The van der Waals surface area contributed by atoms with E-state index in [4.69, 9.17) is 23.7 Å². The number of aliphatic hydroxyl groups is 1. The van der Waals surface area contributed by atoms with E-state index in [-0.39, 0.29) is 42.2 Å². The van der Waals surface area contributed by atoms with Crippen molar-refractivity contribution < 1.29 is 33.6 Å². The number of nitrogens with one attached hydrogen (secondary N) is 2. The number of carbonyl (C=O) groups is 1. The number of H-pyrrole nitrogens is 1. The number of rotatable bonds is 11. The van der Waals surface area contributed by atoms with Crippen LogP contribution in [0.5, 0.6) is 11.5 Å². The Morgan fingerprint density at radius 2 is 1.63 bits per heavy atom. The lowest BCUT2D eigenvalue weighted by Gasteiger charge is -2.39. The van der Waals surface area contributed by atoms with Crippen molar-refractivity contribution in [3.63, 3.8) is 0 Å². The Balaban J connectivity index is 1.27.